The lowest BCUT2D eigenvalue weighted by Crippen LogP contribution is -2.54. The van der Waals surface area contributed by atoms with Crippen LogP contribution in [0.2, 0.25) is 0 Å². The zero-order valence-corrected chi connectivity index (χ0v) is 14.8. The van der Waals surface area contributed by atoms with Gasteiger partial charge in [0.1, 0.15) is 12.6 Å². The second kappa shape index (κ2) is 10.2. The quantitative estimate of drug-likeness (QED) is 0.356. The van der Waals surface area contributed by atoms with Crippen LogP contribution in [0.3, 0.4) is 0 Å². The molecule has 27 heavy (non-hydrogen) atoms. The van der Waals surface area contributed by atoms with E-state index < -0.39 is 18.2 Å². The van der Waals surface area contributed by atoms with Crippen molar-refractivity contribution in [2.75, 3.05) is 44.5 Å². The number of aliphatic carboxylic acids is 1. The van der Waals surface area contributed by atoms with Crippen LogP contribution >= 0.6 is 11.8 Å². The SMILES string of the molecule is N#CC1CSCN1C(=O)CN(N)C(=O)N1CCOCC1.O=C(O)C(F)(F)F. The highest BCUT2D eigenvalue weighted by atomic mass is 32.2. The zero-order valence-electron chi connectivity index (χ0n) is 14.0. The van der Waals surface area contributed by atoms with Crippen molar-refractivity contribution in [2.45, 2.75) is 12.2 Å². The number of nitriles is 1. The Labute approximate surface area is 156 Å². The van der Waals surface area contributed by atoms with E-state index in [1.807, 2.05) is 0 Å². The second-order valence-electron chi connectivity index (χ2n) is 5.32. The van der Waals surface area contributed by atoms with E-state index in [2.05, 4.69) is 6.07 Å². The molecule has 2 heterocycles. The molecule has 0 aliphatic carbocycles. The normalized spacial score (nSPS) is 19.6. The number of urea groups is 1. The fourth-order valence-electron chi connectivity index (χ4n) is 2.04. The third-order valence-corrected chi connectivity index (χ3v) is 4.44. The van der Waals surface area contributed by atoms with Crippen molar-refractivity contribution in [2.24, 2.45) is 5.84 Å². The highest BCUT2D eigenvalue weighted by Crippen LogP contribution is 2.20. The second-order valence-corrected chi connectivity index (χ2v) is 6.32. The topological polar surface area (TPSA) is 140 Å². The lowest BCUT2D eigenvalue weighted by atomic mass is 10.3. The van der Waals surface area contributed by atoms with Crippen molar-refractivity contribution in [3.8, 4) is 6.07 Å². The predicted octanol–water partition coefficient (Wildman–Crippen LogP) is -0.327. The third-order valence-electron chi connectivity index (χ3n) is 3.43. The molecule has 2 aliphatic heterocycles. The number of carbonyl (C=O) groups excluding carboxylic acids is 2. The van der Waals surface area contributed by atoms with Crippen LogP contribution in [0.1, 0.15) is 0 Å². The van der Waals surface area contributed by atoms with Crippen LogP contribution in [0.4, 0.5) is 18.0 Å². The molecule has 0 bridgehead atoms. The molecule has 1 atom stereocenters. The number of amides is 3. The number of halogens is 3. The van der Waals surface area contributed by atoms with Gasteiger partial charge in [-0.05, 0) is 0 Å². The monoisotopic (exact) mass is 413 g/mol. The molecule has 2 rings (SSSR count). The van der Waals surface area contributed by atoms with Crippen LogP contribution in [-0.2, 0) is 14.3 Å². The van der Waals surface area contributed by atoms with Gasteiger partial charge in [0.05, 0.1) is 25.2 Å². The molecule has 10 nitrogen and oxygen atoms in total. The summed E-state index contributed by atoms with van der Waals surface area (Å²) in [6.07, 6.45) is -5.08. The van der Waals surface area contributed by atoms with Gasteiger partial charge < -0.3 is 19.6 Å². The van der Waals surface area contributed by atoms with Gasteiger partial charge in [-0.3, -0.25) is 9.80 Å². The van der Waals surface area contributed by atoms with Crippen molar-refractivity contribution in [3.63, 3.8) is 0 Å². The summed E-state index contributed by atoms with van der Waals surface area (Å²) in [6, 6.07) is 1.26. The Morgan fingerprint density at radius 3 is 2.37 bits per heavy atom. The minimum Gasteiger partial charge on any atom is -0.475 e. The average Bonchev–Trinajstić information content (AvgIpc) is 3.10. The summed E-state index contributed by atoms with van der Waals surface area (Å²) in [6.45, 7) is 1.69. The van der Waals surface area contributed by atoms with Gasteiger partial charge in [0.2, 0.25) is 5.91 Å². The molecule has 0 aromatic rings. The molecule has 0 aromatic carbocycles. The lowest BCUT2D eigenvalue weighted by molar-refractivity contribution is -0.192. The number of morpholine rings is 1. The number of carboxylic acids is 1. The number of rotatable bonds is 2. The van der Waals surface area contributed by atoms with Crippen LogP contribution in [0.15, 0.2) is 0 Å². The maximum atomic E-state index is 12.1. The third kappa shape index (κ3) is 7.12. The molecule has 0 spiro atoms. The Balaban J connectivity index is 0.000000445. The van der Waals surface area contributed by atoms with Crippen LogP contribution in [0.5, 0.6) is 0 Å². The van der Waals surface area contributed by atoms with E-state index in [-0.39, 0.29) is 18.5 Å². The maximum absolute atomic E-state index is 12.1. The Morgan fingerprint density at radius 1 is 1.33 bits per heavy atom. The number of hydrazine groups is 1. The number of carbonyl (C=O) groups is 3. The van der Waals surface area contributed by atoms with Gasteiger partial charge in [0.25, 0.3) is 0 Å². The van der Waals surface area contributed by atoms with Gasteiger partial charge in [-0.1, -0.05) is 0 Å². The molecular formula is C13H18F3N5O5S. The average molecular weight is 413 g/mol. The van der Waals surface area contributed by atoms with Gasteiger partial charge in [0.15, 0.2) is 0 Å². The predicted molar refractivity (Wildman–Crippen MR) is 85.9 cm³/mol. The molecular weight excluding hydrogens is 395 g/mol. The smallest absolute Gasteiger partial charge is 0.475 e. The number of hydrogen-bond acceptors (Lipinski definition) is 7. The highest BCUT2D eigenvalue weighted by Gasteiger charge is 2.38. The Hall–Kier alpha value is -2.24. The highest BCUT2D eigenvalue weighted by molar-refractivity contribution is 7.99. The van der Waals surface area contributed by atoms with Crippen LogP contribution in [0.25, 0.3) is 0 Å². The van der Waals surface area contributed by atoms with Gasteiger partial charge in [-0.15, -0.1) is 11.8 Å². The van der Waals surface area contributed by atoms with Crippen molar-refractivity contribution >= 4 is 29.7 Å². The van der Waals surface area contributed by atoms with E-state index in [1.165, 1.54) is 16.7 Å². The molecule has 3 N–H and O–H groups in total. The summed E-state index contributed by atoms with van der Waals surface area (Å²) >= 11 is 1.52. The van der Waals surface area contributed by atoms with E-state index in [0.717, 1.165) is 5.01 Å². The molecule has 1 unspecified atom stereocenters. The van der Waals surface area contributed by atoms with Gasteiger partial charge in [-0.25, -0.2) is 15.4 Å². The molecule has 2 saturated heterocycles. The molecule has 2 fully saturated rings. The summed E-state index contributed by atoms with van der Waals surface area (Å²) in [5, 5.41) is 17.0. The number of carboxylic acid groups (broad SMARTS) is 1. The zero-order chi connectivity index (χ0) is 20.6. The fourth-order valence-corrected chi connectivity index (χ4v) is 3.14. The number of nitrogens with zero attached hydrogens (tertiary/aromatic N) is 4. The molecule has 0 aromatic heterocycles. The van der Waals surface area contributed by atoms with Crippen molar-refractivity contribution in [1.29, 1.82) is 5.26 Å². The number of nitrogens with two attached hydrogens (primary N) is 1. The summed E-state index contributed by atoms with van der Waals surface area (Å²) in [4.78, 5) is 36.0. The number of thioether (sulfide) groups is 1. The first-order valence-electron chi connectivity index (χ1n) is 7.53. The first-order chi connectivity index (χ1) is 12.6. The van der Waals surface area contributed by atoms with Gasteiger partial charge >= 0.3 is 18.2 Å². The standard InChI is InChI=1S/C11H17N5O3S.C2HF3O2/c12-5-9-7-20-8-15(9)10(17)6-16(13)11(18)14-1-3-19-4-2-14;3-2(4,5)1(6)7/h9H,1-4,6-8,13H2;(H,6,7). The van der Waals surface area contributed by atoms with Crippen molar-refractivity contribution < 1.29 is 37.4 Å². The first-order valence-corrected chi connectivity index (χ1v) is 8.69. The largest absolute Gasteiger partial charge is 0.490 e. The van der Waals surface area contributed by atoms with E-state index in [9.17, 15) is 22.8 Å². The first kappa shape index (κ1) is 22.8. The molecule has 152 valence electrons. The lowest BCUT2D eigenvalue weighted by Gasteiger charge is -2.31. The van der Waals surface area contributed by atoms with E-state index in [4.69, 9.17) is 25.7 Å². The van der Waals surface area contributed by atoms with E-state index in [1.54, 1.807) is 4.90 Å². The van der Waals surface area contributed by atoms with Gasteiger partial charge in [0, 0.05) is 18.8 Å². The summed E-state index contributed by atoms with van der Waals surface area (Å²) in [5.41, 5.74) is 0. The van der Waals surface area contributed by atoms with Gasteiger partial charge in [-0.2, -0.15) is 18.4 Å². The Morgan fingerprint density at radius 2 is 1.89 bits per heavy atom. The number of ether oxygens (including phenoxy) is 1. The van der Waals surface area contributed by atoms with E-state index in [0.29, 0.717) is 37.9 Å². The molecule has 3 amide bonds. The molecule has 2 aliphatic rings. The molecule has 0 saturated carbocycles. The Bertz CT molecular complexity index is 594. The van der Waals surface area contributed by atoms with Crippen LogP contribution < -0.4 is 5.84 Å². The maximum Gasteiger partial charge on any atom is 0.490 e. The van der Waals surface area contributed by atoms with Crippen LogP contribution in [0, 0.1) is 11.3 Å². The number of alkyl halides is 3. The van der Waals surface area contributed by atoms with Crippen LogP contribution in [-0.4, -0.2) is 94.5 Å². The van der Waals surface area contributed by atoms with Crippen molar-refractivity contribution in [3.05, 3.63) is 0 Å². The minimum absolute atomic E-state index is 0.213. The number of hydrogen-bond donors (Lipinski definition) is 2. The minimum atomic E-state index is -5.08. The summed E-state index contributed by atoms with van der Waals surface area (Å²) < 4.78 is 36.9. The molecule has 0 radical (unpaired) electrons. The fraction of sp³-hybridized carbons (Fsp3) is 0.692. The van der Waals surface area contributed by atoms with Crippen molar-refractivity contribution in [1.82, 2.24) is 14.8 Å². The summed E-state index contributed by atoms with van der Waals surface area (Å²) in [7, 11) is 0. The van der Waals surface area contributed by atoms with E-state index >= 15 is 0 Å². The molecule has 14 heteroatoms. The summed E-state index contributed by atoms with van der Waals surface area (Å²) in [5.74, 6) is 3.68. The Kier molecular flexibility index (Phi) is 8.60.